The van der Waals surface area contributed by atoms with E-state index in [1.165, 1.54) is 5.56 Å². The fraction of sp³-hybridized carbons (Fsp3) is 0.611. The van der Waals surface area contributed by atoms with Gasteiger partial charge in [0.2, 0.25) is 5.91 Å². The van der Waals surface area contributed by atoms with E-state index in [1.54, 1.807) is 0 Å². The minimum atomic E-state index is -0.0824. The van der Waals surface area contributed by atoms with Crippen molar-refractivity contribution in [2.45, 2.75) is 52.5 Å². The molecule has 2 atom stereocenters. The molecular weight excluding hydrogens is 296 g/mol. The van der Waals surface area contributed by atoms with Crippen LogP contribution in [0.15, 0.2) is 24.3 Å². The molecule has 0 aromatic heterocycles. The van der Waals surface area contributed by atoms with E-state index in [4.69, 9.17) is 5.73 Å². The second-order valence-electron chi connectivity index (χ2n) is 6.96. The van der Waals surface area contributed by atoms with Crippen molar-refractivity contribution in [2.24, 2.45) is 11.1 Å². The average Bonchev–Trinajstić information content (AvgIpc) is 2.48. The van der Waals surface area contributed by atoms with Gasteiger partial charge >= 0.3 is 0 Å². The van der Waals surface area contributed by atoms with Gasteiger partial charge in [0.1, 0.15) is 0 Å². The Kier molecular flexibility index (Phi) is 6.45. The Morgan fingerprint density at radius 3 is 2.45 bits per heavy atom. The van der Waals surface area contributed by atoms with Crippen LogP contribution in [-0.4, -0.2) is 29.9 Å². The van der Waals surface area contributed by atoms with Gasteiger partial charge < -0.3 is 10.6 Å². The van der Waals surface area contributed by atoms with Gasteiger partial charge in [-0.2, -0.15) is 0 Å². The summed E-state index contributed by atoms with van der Waals surface area (Å²) in [6.07, 6.45) is 1.92. The summed E-state index contributed by atoms with van der Waals surface area (Å²) in [7, 11) is 0. The SMILES string of the molecule is CCc1ccc(C(C)C(=O)N2CCC(N)C(C)(C)C2)cc1.Cl. The van der Waals surface area contributed by atoms with Crippen LogP contribution in [0.5, 0.6) is 0 Å². The average molecular weight is 325 g/mol. The van der Waals surface area contributed by atoms with Crippen LogP contribution in [0, 0.1) is 5.41 Å². The van der Waals surface area contributed by atoms with Crippen molar-refractivity contribution >= 4 is 18.3 Å². The zero-order chi connectivity index (χ0) is 15.6. The molecule has 1 heterocycles. The molecule has 1 saturated heterocycles. The maximum atomic E-state index is 12.7. The summed E-state index contributed by atoms with van der Waals surface area (Å²) in [6, 6.07) is 8.59. The van der Waals surface area contributed by atoms with Crippen LogP contribution < -0.4 is 5.73 Å². The summed E-state index contributed by atoms with van der Waals surface area (Å²) in [6.45, 7) is 9.98. The number of hydrogen-bond acceptors (Lipinski definition) is 2. The summed E-state index contributed by atoms with van der Waals surface area (Å²) < 4.78 is 0. The Hall–Kier alpha value is -1.06. The van der Waals surface area contributed by atoms with Crippen LogP contribution >= 0.6 is 12.4 Å². The Bertz CT molecular complexity index is 498. The third kappa shape index (κ3) is 4.02. The van der Waals surface area contributed by atoms with Gasteiger partial charge in [-0.15, -0.1) is 12.4 Å². The van der Waals surface area contributed by atoms with Gasteiger partial charge in [0.05, 0.1) is 5.92 Å². The van der Waals surface area contributed by atoms with Crippen LogP contribution in [0.25, 0.3) is 0 Å². The number of amides is 1. The fourth-order valence-electron chi connectivity index (χ4n) is 3.02. The Labute approximate surface area is 140 Å². The summed E-state index contributed by atoms with van der Waals surface area (Å²) in [4.78, 5) is 14.7. The van der Waals surface area contributed by atoms with Gasteiger partial charge in [0.25, 0.3) is 0 Å². The van der Waals surface area contributed by atoms with Crippen LogP contribution in [0.4, 0.5) is 0 Å². The normalized spacial score (nSPS) is 21.9. The van der Waals surface area contributed by atoms with Crippen molar-refractivity contribution in [3.63, 3.8) is 0 Å². The first-order valence-corrected chi connectivity index (χ1v) is 7.98. The molecule has 3 nitrogen and oxygen atoms in total. The van der Waals surface area contributed by atoms with E-state index >= 15 is 0 Å². The second-order valence-corrected chi connectivity index (χ2v) is 6.96. The number of halogens is 1. The van der Waals surface area contributed by atoms with Crippen LogP contribution in [0.1, 0.15) is 51.2 Å². The smallest absolute Gasteiger partial charge is 0.229 e. The number of nitrogens with zero attached hydrogens (tertiary/aromatic N) is 1. The minimum Gasteiger partial charge on any atom is -0.342 e. The van der Waals surface area contributed by atoms with E-state index in [-0.39, 0.29) is 35.7 Å². The highest BCUT2D eigenvalue weighted by Crippen LogP contribution is 2.30. The molecule has 22 heavy (non-hydrogen) atoms. The number of nitrogens with two attached hydrogens (primary N) is 1. The molecule has 0 aliphatic carbocycles. The van der Waals surface area contributed by atoms with Crippen LogP contribution in [0.3, 0.4) is 0 Å². The lowest BCUT2D eigenvalue weighted by atomic mass is 9.79. The quantitative estimate of drug-likeness (QED) is 0.926. The molecular formula is C18H29ClN2O. The topological polar surface area (TPSA) is 46.3 Å². The fourth-order valence-corrected chi connectivity index (χ4v) is 3.02. The van der Waals surface area contributed by atoms with E-state index in [9.17, 15) is 4.79 Å². The van der Waals surface area contributed by atoms with E-state index < -0.39 is 0 Å². The number of hydrogen-bond donors (Lipinski definition) is 1. The standard InChI is InChI=1S/C18H28N2O.ClH/c1-5-14-6-8-15(9-7-14)13(2)17(21)20-11-10-16(19)18(3,4)12-20;/h6-9,13,16H,5,10-12,19H2,1-4H3;1H. The predicted octanol–water partition coefficient (Wildman–Crippen LogP) is 3.36. The second kappa shape index (κ2) is 7.47. The van der Waals surface area contributed by atoms with Gasteiger partial charge in [-0.25, -0.2) is 0 Å². The van der Waals surface area contributed by atoms with E-state index in [0.29, 0.717) is 0 Å². The number of carbonyl (C=O) groups excluding carboxylic acids is 1. The first-order valence-electron chi connectivity index (χ1n) is 7.98. The first-order chi connectivity index (χ1) is 9.85. The molecule has 1 aliphatic heterocycles. The molecule has 0 radical (unpaired) electrons. The molecule has 1 amide bonds. The molecule has 1 aromatic carbocycles. The molecule has 1 fully saturated rings. The molecule has 0 bridgehead atoms. The van der Waals surface area contributed by atoms with E-state index in [2.05, 4.69) is 45.0 Å². The Balaban J connectivity index is 0.00000242. The number of aryl methyl sites for hydroxylation is 1. The summed E-state index contributed by atoms with van der Waals surface area (Å²) in [5.41, 5.74) is 8.57. The summed E-state index contributed by atoms with van der Waals surface area (Å²) >= 11 is 0. The number of carbonyl (C=O) groups is 1. The molecule has 0 saturated carbocycles. The van der Waals surface area contributed by atoms with Gasteiger partial charge in [-0.1, -0.05) is 45.0 Å². The molecule has 1 aliphatic rings. The van der Waals surface area contributed by atoms with Gasteiger partial charge in [0.15, 0.2) is 0 Å². The molecule has 124 valence electrons. The van der Waals surface area contributed by atoms with E-state index in [0.717, 1.165) is 31.5 Å². The van der Waals surface area contributed by atoms with Crippen molar-refractivity contribution in [2.75, 3.05) is 13.1 Å². The highest BCUT2D eigenvalue weighted by Gasteiger charge is 2.36. The molecule has 4 heteroatoms. The van der Waals surface area contributed by atoms with Crippen molar-refractivity contribution in [3.8, 4) is 0 Å². The lowest BCUT2D eigenvalue weighted by Crippen LogP contribution is -2.54. The summed E-state index contributed by atoms with van der Waals surface area (Å²) in [5.74, 6) is 0.139. The Morgan fingerprint density at radius 1 is 1.36 bits per heavy atom. The monoisotopic (exact) mass is 324 g/mol. The van der Waals surface area contributed by atoms with E-state index in [1.807, 2.05) is 11.8 Å². The highest BCUT2D eigenvalue weighted by molar-refractivity contribution is 5.85. The summed E-state index contributed by atoms with van der Waals surface area (Å²) in [5, 5.41) is 0. The molecule has 1 aromatic rings. The van der Waals surface area contributed by atoms with Crippen molar-refractivity contribution < 1.29 is 4.79 Å². The predicted molar refractivity (Wildman–Crippen MR) is 94.4 cm³/mol. The highest BCUT2D eigenvalue weighted by atomic mass is 35.5. The number of rotatable bonds is 3. The number of piperidine rings is 1. The first kappa shape index (κ1) is 19.0. The lowest BCUT2D eigenvalue weighted by Gasteiger charge is -2.43. The van der Waals surface area contributed by atoms with Crippen molar-refractivity contribution in [1.82, 2.24) is 4.90 Å². The number of benzene rings is 1. The van der Waals surface area contributed by atoms with Crippen molar-refractivity contribution in [3.05, 3.63) is 35.4 Å². The van der Waals surface area contributed by atoms with Gasteiger partial charge in [-0.05, 0) is 36.3 Å². The largest absolute Gasteiger partial charge is 0.342 e. The third-order valence-corrected chi connectivity index (χ3v) is 4.88. The van der Waals surface area contributed by atoms with Gasteiger partial charge in [0, 0.05) is 19.1 Å². The molecule has 2 rings (SSSR count). The van der Waals surface area contributed by atoms with Crippen LogP contribution in [-0.2, 0) is 11.2 Å². The molecule has 2 unspecified atom stereocenters. The molecule has 0 spiro atoms. The van der Waals surface area contributed by atoms with Gasteiger partial charge in [-0.3, -0.25) is 4.79 Å². The third-order valence-electron chi connectivity index (χ3n) is 4.88. The zero-order valence-corrected chi connectivity index (χ0v) is 15.0. The Morgan fingerprint density at radius 2 is 1.95 bits per heavy atom. The lowest BCUT2D eigenvalue weighted by molar-refractivity contribution is -0.135. The zero-order valence-electron chi connectivity index (χ0n) is 14.1. The van der Waals surface area contributed by atoms with Crippen molar-refractivity contribution in [1.29, 1.82) is 0 Å². The van der Waals surface area contributed by atoms with Crippen LogP contribution in [0.2, 0.25) is 0 Å². The minimum absolute atomic E-state index is 0. The number of likely N-dealkylation sites (tertiary alicyclic amines) is 1. The maximum Gasteiger partial charge on any atom is 0.229 e. The molecule has 2 N–H and O–H groups in total. The maximum absolute atomic E-state index is 12.7.